The number of hydrogen-bond acceptors (Lipinski definition) is 5. The molecule has 15 heavy (non-hydrogen) atoms. The quantitative estimate of drug-likeness (QED) is 0.630. The molecule has 0 aliphatic carbocycles. The van der Waals surface area contributed by atoms with Crippen molar-refractivity contribution < 1.29 is 9.47 Å². The first-order valence-electron chi connectivity index (χ1n) is 4.99. The summed E-state index contributed by atoms with van der Waals surface area (Å²) in [7, 11) is 0. The first kappa shape index (κ1) is 13.9. The van der Waals surface area contributed by atoms with E-state index in [1.54, 1.807) is 0 Å². The predicted molar refractivity (Wildman–Crippen MR) is 54.9 cm³/mol. The molecule has 0 amide bonds. The monoisotopic (exact) mass is 211 g/mol. The zero-order chi connectivity index (χ0) is 11.5. The Balaban J connectivity index is 3.91. The summed E-state index contributed by atoms with van der Waals surface area (Å²) in [5.41, 5.74) is 0. The van der Waals surface area contributed by atoms with E-state index in [0.29, 0.717) is 13.2 Å². The Morgan fingerprint density at radius 1 is 1.00 bits per heavy atom. The third-order valence-electron chi connectivity index (χ3n) is 1.69. The minimum absolute atomic E-state index is 0.289. The lowest BCUT2D eigenvalue weighted by Gasteiger charge is -2.15. The molecular formula is C10H17N3O2. The highest BCUT2D eigenvalue weighted by Gasteiger charge is 2.14. The molecule has 5 heteroatoms. The lowest BCUT2D eigenvalue weighted by Crippen LogP contribution is -2.42. The first-order valence-corrected chi connectivity index (χ1v) is 4.99. The van der Waals surface area contributed by atoms with Crippen LogP contribution in [0.25, 0.3) is 0 Å². The van der Waals surface area contributed by atoms with Crippen molar-refractivity contribution in [3.05, 3.63) is 0 Å². The maximum Gasteiger partial charge on any atom is 0.120 e. The van der Waals surface area contributed by atoms with Crippen molar-refractivity contribution in [3.63, 3.8) is 0 Å². The van der Waals surface area contributed by atoms with Crippen molar-refractivity contribution >= 4 is 0 Å². The van der Waals surface area contributed by atoms with E-state index in [2.05, 4.69) is 5.32 Å². The van der Waals surface area contributed by atoms with Gasteiger partial charge in [0.15, 0.2) is 0 Å². The van der Waals surface area contributed by atoms with Gasteiger partial charge in [0.25, 0.3) is 0 Å². The summed E-state index contributed by atoms with van der Waals surface area (Å²) in [5, 5.41) is 20.4. The van der Waals surface area contributed by atoms with Crippen LogP contribution in [0.15, 0.2) is 0 Å². The second-order valence-electron chi connectivity index (χ2n) is 2.85. The van der Waals surface area contributed by atoms with E-state index in [4.69, 9.17) is 20.0 Å². The molecule has 0 fully saturated rings. The van der Waals surface area contributed by atoms with Gasteiger partial charge in [-0.3, -0.25) is 5.32 Å². The second-order valence-corrected chi connectivity index (χ2v) is 2.85. The van der Waals surface area contributed by atoms with Gasteiger partial charge in [0.1, 0.15) is 12.1 Å². The van der Waals surface area contributed by atoms with Crippen LogP contribution in [0.4, 0.5) is 0 Å². The molecule has 0 aliphatic heterocycles. The molecule has 0 aliphatic rings. The molecule has 0 saturated carbocycles. The molecule has 5 nitrogen and oxygen atoms in total. The summed E-state index contributed by atoms with van der Waals surface area (Å²) in [5.74, 6) is 0. The topological polar surface area (TPSA) is 78.1 Å². The molecule has 2 unspecified atom stereocenters. The summed E-state index contributed by atoms with van der Waals surface area (Å²) >= 11 is 0. The Bertz CT molecular complexity index is 208. The highest BCUT2D eigenvalue weighted by molar-refractivity contribution is 4.98. The van der Waals surface area contributed by atoms with Crippen molar-refractivity contribution in [2.45, 2.75) is 25.9 Å². The molecule has 0 aromatic carbocycles. The van der Waals surface area contributed by atoms with Crippen LogP contribution in [-0.2, 0) is 9.47 Å². The minimum Gasteiger partial charge on any atom is -0.379 e. The van der Waals surface area contributed by atoms with Gasteiger partial charge in [-0.05, 0) is 13.8 Å². The summed E-state index contributed by atoms with van der Waals surface area (Å²) in [6, 6.07) is 3.14. The maximum atomic E-state index is 8.78. The predicted octanol–water partition coefficient (Wildman–Crippen LogP) is 0.433. The fourth-order valence-electron chi connectivity index (χ4n) is 0.960. The van der Waals surface area contributed by atoms with Crippen LogP contribution in [0.3, 0.4) is 0 Å². The highest BCUT2D eigenvalue weighted by atomic mass is 16.5. The fraction of sp³-hybridized carbons (Fsp3) is 0.800. The number of ether oxygens (including phenoxy) is 2. The third-order valence-corrected chi connectivity index (χ3v) is 1.69. The lowest BCUT2D eigenvalue weighted by molar-refractivity contribution is 0.113. The van der Waals surface area contributed by atoms with Crippen LogP contribution in [-0.4, -0.2) is 38.5 Å². The Morgan fingerprint density at radius 3 is 1.67 bits per heavy atom. The van der Waals surface area contributed by atoms with E-state index >= 15 is 0 Å². The van der Waals surface area contributed by atoms with Crippen LogP contribution in [0.5, 0.6) is 0 Å². The molecule has 0 heterocycles. The largest absolute Gasteiger partial charge is 0.379 e. The Labute approximate surface area is 90.6 Å². The summed E-state index contributed by atoms with van der Waals surface area (Å²) in [4.78, 5) is 0. The van der Waals surface area contributed by atoms with Gasteiger partial charge in [0.05, 0.1) is 25.4 Å². The van der Waals surface area contributed by atoms with Gasteiger partial charge < -0.3 is 9.47 Å². The minimum atomic E-state index is -0.463. The van der Waals surface area contributed by atoms with Crippen LogP contribution in [0.1, 0.15) is 13.8 Å². The molecule has 0 aromatic rings. The van der Waals surface area contributed by atoms with Gasteiger partial charge in [0, 0.05) is 13.2 Å². The fourth-order valence-corrected chi connectivity index (χ4v) is 0.960. The van der Waals surface area contributed by atoms with Crippen molar-refractivity contribution in [2.75, 3.05) is 26.4 Å². The molecule has 2 atom stereocenters. The Kier molecular flexibility index (Phi) is 8.70. The molecule has 84 valence electrons. The Morgan fingerprint density at radius 2 is 1.40 bits per heavy atom. The molecule has 0 spiro atoms. The number of nitrogens with zero attached hydrogens (tertiary/aromatic N) is 2. The molecule has 0 bridgehead atoms. The van der Waals surface area contributed by atoms with E-state index in [9.17, 15) is 0 Å². The molecule has 0 radical (unpaired) electrons. The highest BCUT2D eigenvalue weighted by Crippen LogP contribution is 1.90. The Hall–Kier alpha value is -1.14. The first-order chi connectivity index (χ1) is 7.28. The van der Waals surface area contributed by atoms with E-state index in [0.717, 1.165) is 0 Å². The van der Waals surface area contributed by atoms with Gasteiger partial charge in [-0.1, -0.05) is 0 Å². The molecule has 1 N–H and O–H groups in total. The zero-order valence-electron chi connectivity index (χ0n) is 9.19. The van der Waals surface area contributed by atoms with Gasteiger partial charge >= 0.3 is 0 Å². The van der Waals surface area contributed by atoms with Gasteiger partial charge in [-0.25, -0.2) is 0 Å². The van der Waals surface area contributed by atoms with Crippen LogP contribution in [0, 0.1) is 22.7 Å². The molecule has 0 rings (SSSR count). The maximum absolute atomic E-state index is 8.78. The summed E-state index contributed by atoms with van der Waals surface area (Å²) in [6.07, 6.45) is 0. The molecular weight excluding hydrogens is 194 g/mol. The normalized spacial score (nSPS) is 13.9. The number of nitriles is 2. The van der Waals surface area contributed by atoms with Crippen molar-refractivity contribution in [1.82, 2.24) is 5.32 Å². The van der Waals surface area contributed by atoms with Crippen LogP contribution >= 0.6 is 0 Å². The average molecular weight is 211 g/mol. The third kappa shape index (κ3) is 6.87. The standard InChI is InChI=1S/C10H17N3O2/c1-3-14-7-9(5-11)13-10(6-12)8-15-4-2/h9-10,13H,3-4,7-8H2,1-2H3. The van der Waals surface area contributed by atoms with Crippen molar-refractivity contribution in [1.29, 1.82) is 10.5 Å². The smallest absolute Gasteiger partial charge is 0.120 e. The lowest BCUT2D eigenvalue weighted by atomic mass is 10.2. The summed E-state index contributed by atoms with van der Waals surface area (Å²) < 4.78 is 10.2. The molecule has 0 saturated heterocycles. The van der Waals surface area contributed by atoms with E-state index in [-0.39, 0.29) is 13.2 Å². The van der Waals surface area contributed by atoms with E-state index in [1.165, 1.54) is 0 Å². The van der Waals surface area contributed by atoms with Crippen LogP contribution < -0.4 is 5.32 Å². The number of hydrogen-bond donors (Lipinski definition) is 1. The van der Waals surface area contributed by atoms with Crippen molar-refractivity contribution in [3.8, 4) is 12.1 Å². The van der Waals surface area contributed by atoms with Crippen molar-refractivity contribution in [2.24, 2.45) is 0 Å². The average Bonchev–Trinajstić information content (AvgIpc) is 2.28. The van der Waals surface area contributed by atoms with Crippen LogP contribution in [0.2, 0.25) is 0 Å². The molecule has 0 aromatic heterocycles. The number of nitrogens with one attached hydrogen (secondary N) is 1. The van der Waals surface area contributed by atoms with Gasteiger partial charge in [-0.15, -0.1) is 0 Å². The SMILES string of the molecule is CCOCC(C#N)NC(C#N)COCC. The second kappa shape index (κ2) is 9.42. The van der Waals surface area contributed by atoms with E-state index < -0.39 is 12.1 Å². The van der Waals surface area contributed by atoms with E-state index in [1.807, 2.05) is 26.0 Å². The zero-order valence-corrected chi connectivity index (χ0v) is 9.19. The summed E-state index contributed by atoms with van der Waals surface area (Å²) in [6.45, 7) is 5.41. The number of rotatable bonds is 8. The van der Waals surface area contributed by atoms with Gasteiger partial charge in [-0.2, -0.15) is 10.5 Å². The van der Waals surface area contributed by atoms with Gasteiger partial charge in [0.2, 0.25) is 0 Å².